The molecule has 166 valence electrons. The van der Waals surface area contributed by atoms with Gasteiger partial charge in [-0.3, -0.25) is 14.9 Å². The van der Waals surface area contributed by atoms with Crippen LogP contribution in [-0.2, 0) is 16.1 Å². The molecule has 2 aliphatic rings. The number of carbonyl (C=O) groups is 2. The smallest absolute Gasteiger partial charge is 0.259 e. The van der Waals surface area contributed by atoms with E-state index in [1.54, 1.807) is 0 Å². The highest BCUT2D eigenvalue weighted by molar-refractivity contribution is 6.50. The predicted octanol–water partition coefficient (Wildman–Crippen LogP) is 4.17. The number of H-pyrrole nitrogens is 1. The SMILES string of the molecule is CN1CCC[C@@H]1CCn1cc(C2=C(c3c[nH]c4ccccc34)C(=O)NC2=O)c2ccccc21. The topological polar surface area (TPSA) is 70.1 Å². The number of aromatic nitrogens is 2. The van der Waals surface area contributed by atoms with Crippen LogP contribution in [0.1, 0.15) is 30.4 Å². The lowest BCUT2D eigenvalue weighted by Crippen LogP contribution is -2.25. The van der Waals surface area contributed by atoms with E-state index in [-0.39, 0.29) is 11.8 Å². The van der Waals surface area contributed by atoms with E-state index in [0.717, 1.165) is 52.4 Å². The van der Waals surface area contributed by atoms with E-state index in [2.05, 4.69) is 39.1 Å². The van der Waals surface area contributed by atoms with Crippen molar-refractivity contribution in [2.75, 3.05) is 13.6 Å². The molecule has 0 aliphatic carbocycles. The highest BCUT2D eigenvalue weighted by Gasteiger charge is 2.35. The first-order valence-electron chi connectivity index (χ1n) is 11.6. The van der Waals surface area contributed by atoms with Crippen LogP contribution >= 0.6 is 0 Å². The van der Waals surface area contributed by atoms with Gasteiger partial charge in [-0.2, -0.15) is 0 Å². The molecule has 0 unspecified atom stereocenters. The summed E-state index contributed by atoms with van der Waals surface area (Å²) in [6.07, 6.45) is 7.43. The zero-order chi connectivity index (χ0) is 22.5. The van der Waals surface area contributed by atoms with Gasteiger partial charge < -0.3 is 14.5 Å². The number of aryl methyl sites for hydroxylation is 1. The lowest BCUT2D eigenvalue weighted by molar-refractivity contribution is -0.122. The normalized spacial score (nSPS) is 19.4. The van der Waals surface area contributed by atoms with Gasteiger partial charge in [0.2, 0.25) is 0 Å². The van der Waals surface area contributed by atoms with E-state index in [1.165, 1.54) is 12.8 Å². The first kappa shape index (κ1) is 20.0. The van der Waals surface area contributed by atoms with Crippen molar-refractivity contribution in [3.63, 3.8) is 0 Å². The molecule has 0 bridgehead atoms. The van der Waals surface area contributed by atoms with E-state index in [1.807, 2.05) is 48.7 Å². The molecule has 2 aliphatic heterocycles. The Kier molecular flexibility index (Phi) is 4.69. The Balaban J connectivity index is 1.50. The lowest BCUT2D eigenvalue weighted by Gasteiger charge is -2.19. The van der Waals surface area contributed by atoms with Crippen molar-refractivity contribution in [2.45, 2.75) is 31.8 Å². The number of carbonyl (C=O) groups excluding carboxylic acids is 2. The summed E-state index contributed by atoms with van der Waals surface area (Å²) < 4.78 is 2.24. The number of aromatic amines is 1. The first-order valence-corrected chi connectivity index (χ1v) is 11.6. The maximum absolute atomic E-state index is 13.1. The second kappa shape index (κ2) is 7.74. The molecule has 0 saturated carbocycles. The van der Waals surface area contributed by atoms with E-state index < -0.39 is 0 Å². The number of rotatable bonds is 5. The van der Waals surface area contributed by atoms with E-state index in [4.69, 9.17) is 0 Å². The van der Waals surface area contributed by atoms with Gasteiger partial charge in [-0.15, -0.1) is 0 Å². The molecular weight excluding hydrogens is 412 g/mol. The minimum absolute atomic E-state index is 0.335. The molecule has 33 heavy (non-hydrogen) atoms. The second-order valence-corrected chi connectivity index (χ2v) is 9.10. The number of amides is 2. The number of likely N-dealkylation sites (tertiary alicyclic amines) is 1. The zero-order valence-electron chi connectivity index (χ0n) is 18.6. The molecule has 0 spiro atoms. The van der Waals surface area contributed by atoms with E-state index in [0.29, 0.717) is 17.2 Å². The number of nitrogens with zero attached hydrogens (tertiary/aromatic N) is 2. The van der Waals surface area contributed by atoms with Crippen LogP contribution in [0.3, 0.4) is 0 Å². The van der Waals surface area contributed by atoms with Crippen molar-refractivity contribution in [1.29, 1.82) is 0 Å². The number of hydrogen-bond acceptors (Lipinski definition) is 3. The summed E-state index contributed by atoms with van der Waals surface area (Å²) in [4.78, 5) is 31.7. The first-order chi connectivity index (χ1) is 16.1. The Hall–Kier alpha value is -3.64. The number of nitrogens with one attached hydrogen (secondary N) is 2. The number of hydrogen-bond donors (Lipinski definition) is 2. The second-order valence-electron chi connectivity index (χ2n) is 9.10. The van der Waals surface area contributed by atoms with E-state index >= 15 is 0 Å². The summed E-state index contributed by atoms with van der Waals surface area (Å²) in [6, 6.07) is 16.6. The number of fused-ring (bicyclic) bond motifs is 2. The molecule has 2 amide bonds. The van der Waals surface area contributed by atoms with Crippen molar-refractivity contribution < 1.29 is 9.59 Å². The predicted molar refractivity (Wildman–Crippen MR) is 130 cm³/mol. The van der Waals surface area contributed by atoms with Crippen molar-refractivity contribution in [3.05, 3.63) is 72.1 Å². The average molecular weight is 439 g/mol. The van der Waals surface area contributed by atoms with Gasteiger partial charge in [-0.05, 0) is 45.0 Å². The minimum Gasteiger partial charge on any atom is -0.361 e. The van der Waals surface area contributed by atoms with Gasteiger partial charge in [-0.25, -0.2) is 0 Å². The Bertz CT molecular complexity index is 1440. The summed E-state index contributed by atoms with van der Waals surface area (Å²) in [5.74, 6) is -0.678. The van der Waals surface area contributed by atoms with Crippen LogP contribution in [0.2, 0.25) is 0 Å². The van der Waals surface area contributed by atoms with Gasteiger partial charge in [0.15, 0.2) is 0 Å². The summed E-state index contributed by atoms with van der Waals surface area (Å²) in [5.41, 5.74) is 4.50. The number of para-hydroxylation sites is 2. The molecule has 2 aromatic heterocycles. The fourth-order valence-corrected chi connectivity index (χ4v) is 5.51. The van der Waals surface area contributed by atoms with Crippen LogP contribution in [0.4, 0.5) is 0 Å². The van der Waals surface area contributed by atoms with Crippen molar-refractivity contribution >= 4 is 44.8 Å². The molecule has 0 radical (unpaired) electrons. The van der Waals surface area contributed by atoms with Gasteiger partial charge in [0.25, 0.3) is 11.8 Å². The van der Waals surface area contributed by atoms with Gasteiger partial charge in [0.05, 0.1) is 11.1 Å². The summed E-state index contributed by atoms with van der Waals surface area (Å²) in [6.45, 7) is 2.03. The standard InChI is InChI=1S/C27H26N4O2/c1-30-13-6-7-17(30)12-14-31-16-21(19-9-3-5-11-23(19)31)25-24(26(32)29-27(25)33)20-15-28-22-10-4-2-8-18(20)22/h2-5,8-11,15-17,28H,6-7,12-14H2,1H3,(H,29,32,33)/t17-/m1/s1. The van der Waals surface area contributed by atoms with Crippen LogP contribution in [-0.4, -0.2) is 45.9 Å². The van der Waals surface area contributed by atoms with E-state index in [9.17, 15) is 9.59 Å². The van der Waals surface area contributed by atoms with Crippen LogP contribution in [0, 0.1) is 0 Å². The Morgan fingerprint density at radius 1 is 0.939 bits per heavy atom. The maximum atomic E-state index is 13.1. The monoisotopic (exact) mass is 438 g/mol. The fraction of sp³-hybridized carbons (Fsp3) is 0.259. The van der Waals surface area contributed by atoms with Crippen LogP contribution in [0.25, 0.3) is 33.0 Å². The highest BCUT2D eigenvalue weighted by atomic mass is 16.2. The summed E-state index contributed by atoms with van der Waals surface area (Å²) in [5, 5.41) is 4.47. The zero-order valence-corrected chi connectivity index (χ0v) is 18.6. The summed E-state index contributed by atoms with van der Waals surface area (Å²) in [7, 11) is 2.20. The molecule has 2 aromatic carbocycles. The third-order valence-corrected chi connectivity index (χ3v) is 7.22. The quantitative estimate of drug-likeness (QED) is 0.460. The third kappa shape index (κ3) is 3.21. The van der Waals surface area contributed by atoms with Gasteiger partial charge >= 0.3 is 0 Å². The largest absolute Gasteiger partial charge is 0.361 e. The number of benzene rings is 2. The van der Waals surface area contributed by atoms with Crippen molar-refractivity contribution in [2.24, 2.45) is 0 Å². The third-order valence-electron chi connectivity index (χ3n) is 7.22. The maximum Gasteiger partial charge on any atom is 0.259 e. The summed E-state index contributed by atoms with van der Waals surface area (Å²) >= 11 is 0. The van der Waals surface area contributed by atoms with Crippen LogP contribution in [0.5, 0.6) is 0 Å². The molecular formula is C27H26N4O2. The van der Waals surface area contributed by atoms with Gasteiger partial charge in [-0.1, -0.05) is 36.4 Å². The van der Waals surface area contributed by atoms with Crippen molar-refractivity contribution in [1.82, 2.24) is 19.8 Å². The molecule has 6 rings (SSSR count). The van der Waals surface area contributed by atoms with Crippen LogP contribution < -0.4 is 5.32 Å². The van der Waals surface area contributed by atoms with Gasteiger partial charge in [0, 0.05) is 57.9 Å². The molecule has 1 saturated heterocycles. The van der Waals surface area contributed by atoms with Crippen LogP contribution in [0.15, 0.2) is 60.9 Å². The minimum atomic E-state index is -0.343. The molecule has 4 aromatic rings. The molecule has 1 fully saturated rings. The molecule has 2 N–H and O–H groups in total. The average Bonchev–Trinajstić information content (AvgIpc) is 3.57. The highest BCUT2D eigenvalue weighted by Crippen LogP contribution is 2.38. The van der Waals surface area contributed by atoms with Gasteiger partial charge in [0.1, 0.15) is 0 Å². The molecule has 4 heterocycles. The Morgan fingerprint density at radius 3 is 2.45 bits per heavy atom. The Labute approximate surface area is 191 Å². The lowest BCUT2D eigenvalue weighted by atomic mass is 9.95. The fourth-order valence-electron chi connectivity index (χ4n) is 5.51. The molecule has 1 atom stereocenters. The number of imide groups is 1. The molecule has 6 nitrogen and oxygen atoms in total. The van der Waals surface area contributed by atoms with Crippen molar-refractivity contribution in [3.8, 4) is 0 Å². The Morgan fingerprint density at radius 2 is 1.67 bits per heavy atom. The molecule has 6 heteroatoms.